The van der Waals surface area contributed by atoms with Crippen LogP contribution in [0.4, 0.5) is 11.4 Å². The lowest BCUT2D eigenvalue weighted by atomic mass is 9.96. The molecule has 2 heterocycles. The molecule has 0 radical (unpaired) electrons. The number of benzene rings is 2. The lowest BCUT2D eigenvalue weighted by Gasteiger charge is -2.28. The molecule has 13 nitrogen and oxygen atoms in total. The molecule has 2 aromatic carbocycles. The third-order valence-corrected chi connectivity index (χ3v) is 8.14. The normalized spacial score (nSPS) is 18.6. The number of hydrogen-bond acceptors (Lipinski definition) is 8. The first-order chi connectivity index (χ1) is 21.3. The molecule has 0 aromatic heterocycles. The van der Waals surface area contributed by atoms with E-state index >= 15 is 0 Å². The Morgan fingerprint density at radius 3 is 2.64 bits per heavy atom. The number of carbonyl (C=O) groups is 4. The van der Waals surface area contributed by atoms with Gasteiger partial charge in [-0.15, -0.1) is 0 Å². The maximum Gasteiger partial charge on any atom is 0.243 e. The second-order valence-electron chi connectivity index (χ2n) is 11.1. The van der Waals surface area contributed by atoms with Crippen LogP contribution in [0.15, 0.2) is 47.6 Å². The second kappa shape index (κ2) is 15.1. The van der Waals surface area contributed by atoms with Crippen molar-refractivity contribution in [1.29, 1.82) is 10.8 Å². The zero-order valence-electron chi connectivity index (χ0n) is 25.0. The Balaban J connectivity index is 1.46. The van der Waals surface area contributed by atoms with Crippen LogP contribution in [0.1, 0.15) is 30.4 Å². The molecule has 0 aliphatic carbocycles. The number of carbonyl (C=O) groups excluding carboxylic acids is 4. The van der Waals surface area contributed by atoms with E-state index in [4.69, 9.17) is 10.3 Å². The number of nitrogens with two attached hydrogens (primary N) is 1. The van der Waals surface area contributed by atoms with Gasteiger partial charge >= 0.3 is 0 Å². The Hall–Kier alpha value is -4.83. The van der Waals surface area contributed by atoms with Crippen molar-refractivity contribution in [2.45, 2.75) is 38.3 Å². The molecule has 13 heteroatoms. The zero-order chi connectivity index (χ0) is 31.6. The van der Waals surface area contributed by atoms with Gasteiger partial charge < -0.3 is 30.5 Å². The Bertz CT molecular complexity index is 1420. The summed E-state index contributed by atoms with van der Waals surface area (Å²) in [5, 5.41) is 20.9. The van der Waals surface area contributed by atoms with Crippen molar-refractivity contribution in [3.63, 3.8) is 0 Å². The molecule has 2 saturated heterocycles. The summed E-state index contributed by atoms with van der Waals surface area (Å²) in [4.78, 5) is 54.6. The van der Waals surface area contributed by atoms with Crippen LogP contribution in [0, 0.1) is 28.7 Å². The number of amides is 4. The Morgan fingerprint density at radius 2 is 1.98 bits per heavy atom. The van der Waals surface area contributed by atoms with E-state index in [-0.39, 0.29) is 49.6 Å². The lowest BCUT2D eigenvalue weighted by Crippen LogP contribution is -2.72. The standard InChI is InChI=1S/C31H38N8O5/c1-34-25-9-5-21(14-26(25)37-33)17-36-30(42)27-15-22(13-20-3-7-24(44-2)8-4-20)18-39(27)31(43)23(16-32)6-10-29(41)38-12-11-35-28(40)19-38/h3-5,7-9,14,22-23,27,33-34H,6,10-13,15,17-19H2,1-2H3,(H,35,40)(H,36,42)/p+1/t22-,23+,27+/m1/s1. The van der Waals surface area contributed by atoms with Gasteiger partial charge in [-0.05, 0) is 54.5 Å². The van der Waals surface area contributed by atoms with Crippen molar-refractivity contribution in [3.8, 4) is 11.8 Å². The monoisotopic (exact) mass is 603 g/mol. The van der Waals surface area contributed by atoms with E-state index in [9.17, 15) is 24.4 Å². The van der Waals surface area contributed by atoms with E-state index in [1.165, 1.54) is 9.80 Å². The van der Waals surface area contributed by atoms with Gasteiger partial charge in [-0.25, -0.2) is 5.53 Å². The fraction of sp³-hybridized carbons (Fsp3) is 0.452. The summed E-state index contributed by atoms with van der Waals surface area (Å²) in [5.74, 6) is -1.74. The van der Waals surface area contributed by atoms with Gasteiger partial charge in [0.05, 0.1) is 26.8 Å². The van der Waals surface area contributed by atoms with Gasteiger partial charge in [0, 0.05) is 38.7 Å². The minimum atomic E-state index is -1.10. The number of quaternary nitrogens is 1. The fourth-order valence-electron chi connectivity index (χ4n) is 5.73. The van der Waals surface area contributed by atoms with Crippen LogP contribution >= 0.6 is 0 Å². The van der Waals surface area contributed by atoms with Crippen LogP contribution < -0.4 is 20.7 Å². The average molecular weight is 604 g/mol. The molecule has 0 spiro atoms. The Kier molecular flexibility index (Phi) is 11.0. The van der Waals surface area contributed by atoms with Crippen LogP contribution in [0.2, 0.25) is 0 Å². The molecule has 4 amide bonds. The van der Waals surface area contributed by atoms with E-state index in [1.807, 2.05) is 54.8 Å². The summed E-state index contributed by atoms with van der Waals surface area (Å²) in [5.41, 5.74) is 10.5. The van der Waals surface area contributed by atoms with Crippen LogP contribution in [-0.4, -0.2) is 79.8 Å². The number of likely N-dealkylation sites (tertiary alicyclic amines) is 1. The van der Waals surface area contributed by atoms with Crippen LogP contribution in [0.25, 0.3) is 0 Å². The first-order valence-corrected chi connectivity index (χ1v) is 14.7. The molecule has 0 saturated carbocycles. The number of piperazine rings is 1. The maximum absolute atomic E-state index is 13.7. The number of nitrogens with zero attached hydrogens (tertiary/aromatic N) is 4. The predicted molar refractivity (Wildman–Crippen MR) is 159 cm³/mol. The molecule has 2 aliphatic rings. The molecule has 4 rings (SSSR count). The molecular formula is C31H39N8O5+. The molecule has 3 atom stereocenters. The van der Waals surface area contributed by atoms with Crippen molar-refractivity contribution < 1.29 is 29.2 Å². The average Bonchev–Trinajstić information content (AvgIpc) is 3.47. The largest absolute Gasteiger partial charge is 0.497 e. The molecule has 2 aromatic rings. The molecule has 5 N–H and O–H groups in total. The van der Waals surface area contributed by atoms with Crippen LogP contribution in [0.5, 0.6) is 5.75 Å². The van der Waals surface area contributed by atoms with Crippen molar-refractivity contribution in [2.75, 3.05) is 40.3 Å². The molecule has 0 bridgehead atoms. The van der Waals surface area contributed by atoms with Crippen LogP contribution in [-0.2, 0) is 32.1 Å². The zero-order valence-corrected chi connectivity index (χ0v) is 25.0. The van der Waals surface area contributed by atoms with E-state index < -0.39 is 17.9 Å². The predicted octanol–water partition coefficient (Wildman–Crippen LogP) is 1.14. The highest BCUT2D eigenvalue weighted by atomic mass is 16.5. The van der Waals surface area contributed by atoms with Gasteiger partial charge in [-0.2, -0.15) is 10.4 Å². The number of nitriles is 1. The van der Waals surface area contributed by atoms with Gasteiger partial charge in [0.25, 0.3) is 0 Å². The highest BCUT2D eigenvalue weighted by molar-refractivity contribution is 5.91. The summed E-state index contributed by atoms with van der Waals surface area (Å²) in [7, 11) is 3.45. The molecule has 0 unspecified atom stereocenters. The molecule has 2 fully saturated rings. The highest BCUT2D eigenvalue weighted by Gasteiger charge is 2.41. The quantitative estimate of drug-likeness (QED) is 0.208. The number of rotatable bonds is 12. The molecular weight excluding hydrogens is 564 g/mol. The van der Waals surface area contributed by atoms with E-state index in [1.54, 1.807) is 13.2 Å². The van der Waals surface area contributed by atoms with Gasteiger partial charge in [0.1, 0.15) is 23.4 Å². The smallest absolute Gasteiger partial charge is 0.243 e. The third-order valence-electron chi connectivity index (χ3n) is 8.14. The van der Waals surface area contributed by atoms with Gasteiger partial charge in [-0.1, -0.05) is 18.2 Å². The van der Waals surface area contributed by atoms with E-state index in [0.717, 1.165) is 22.6 Å². The minimum absolute atomic E-state index is 0.000464. The molecule has 232 valence electrons. The van der Waals surface area contributed by atoms with Crippen molar-refractivity contribution in [2.24, 2.45) is 17.0 Å². The van der Waals surface area contributed by atoms with E-state index in [0.29, 0.717) is 38.2 Å². The Morgan fingerprint density at radius 1 is 1.23 bits per heavy atom. The van der Waals surface area contributed by atoms with Crippen LogP contribution in [0.3, 0.4) is 0 Å². The Labute approximate surface area is 256 Å². The molecule has 2 aliphatic heterocycles. The van der Waals surface area contributed by atoms with Crippen molar-refractivity contribution in [1.82, 2.24) is 20.4 Å². The summed E-state index contributed by atoms with van der Waals surface area (Å²) in [6.45, 7) is 1.19. The summed E-state index contributed by atoms with van der Waals surface area (Å²) in [6.07, 6.45) is 1.00. The fourth-order valence-corrected chi connectivity index (χ4v) is 5.73. The SMILES string of the molecule is C[NH2+]c1ccc(CNC(=O)[C@@H]2C[C@@H](Cc3ccc(OC)cc3)CN2C(=O)[C@H](C#N)CCC(=O)N2CCNC(=O)C2)cc1N=N. The summed E-state index contributed by atoms with van der Waals surface area (Å²) in [6, 6.07) is 14.3. The summed E-state index contributed by atoms with van der Waals surface area (Å²) < 4.78 is 5.25. The third kappa shape index (κ3) is 7.96. The summed E-state index contributed by atoms with van der Waals surface area (Å²) >= 11 is 0. The van der Waals surface area contributed by atoms with Crippen molar-refractivity contribution >= 4 is 35.0 Å². The topological polar surface area (TPSA) is 185 Å². The van der Waals surface area contributed by atoms with Gasteiger partial charge in [0.2, 0.25) is 23.6 Å². The number of hydrogen-bond donors (Lipinski definition) is 4. The number of ether oxygens (including phenoxy) is 1. The highest BCUT2D eigenvalue weighted by Crippen LogP contribution is 2.30. The molecule has 44 heavy (non-hydrogen) atoms. The van der Waals surface area contributed by atoms with Gasteiger partial charge in [0.15, 0.2) is 5.69 Å². The maximum atomic E-state index is 13.7. The van der Waals surface area contributed by atoms with E-state index in [2.05, 4.69) is 15.7 Å². The van der Waals surface area contributed by atoms with Crippen molar-refractivity contribution in [3.05, 3.63) is 53.6 Å². The first-order valence-electron chi connectivity index (χ1n) is 14.7. The second-order valence-corrected chi connectivity index (χ2v) is 11.1. The van der Waals surface area contributed by atoms with Gasteiger partial charge in [-0.3, -0.25) is 19.2 Å². The number of nitrogens with one attached hydrogen (secondary N) is 3. The minimum Gasteiger partial charge on any atom is -0.497 e. The lowest BCUT2D eigenvalue weighted by molar-refractivity contribution is -0.538. The number of methoxy groups -OCH3 is 1. The first kappa shape index (κ1) is 32.1.